The van der Waals surface area contributed by atoms with Crippen molar-refractivity contribution < 1.29 is 80.2 Å². The van der Waals surface area contributed by atoms with Gasteiger partial charge in [0.15, 0.2) is 12.2 Å². The quantitative estimate of drug-likeness (QED) is 0.0222. The van der Waals surface area contributed by atoms with E-state index < -0.39 is 97.5 Å². The molecule has 6 atom stereocenters. The molecule has 0 aromatic rings. The Bertz CT molecular complexity index is 1810. The van der Waals surface area contributed by atoms with Gasteiger partial charge in [-0.05, 0) is 31.6 Å². The lowest BCUT2D eigenvalue weighted by Crippen LogP contribution is -2.30. The van der Waals surface area contributed by atoms with E-state index in [0.717, 1.165) is 95.8 Å². The summed E-state index contributed by atoms with van der Waals surface area (Å²) in [6.45, 7) is 7.29. The minimum atomic E-state index is -4.96. The number of phosphoric ester groups is 2. The topological polar surface area (TPSA) is 237 Å². The molecule has 0 fully saturated rings. The van der Waals surface area contributed by atoms with Crippen LogP contribution < -0.4 is 0 Å². The summed E-state index contributed by atoms with van der Waals surface area (Å²) < 4.78 is 68.5. The molecule has 0 spiro atoms. The Morgan fingerprint density at radius 1 is 0.298 bits per heavy atom. The predicted molar refractivity (Wildman–Crippen MR) is 382 cm³/mol. The van der Waals surface area contributed by atoms with Crippen LogP contribution >= 0.6 is 15.6 Å². The van der Waals surface area contributed by atoms with Gasteiger partial charge in [-0.15, -0.1) is 0 Å². The number of hydrogen-bond acceptors (Lipinski definition) is 15. The monoisotopic (exact) mass is 1380 g/mol. The molecule has 0 amide bonds. The Morgan fingerprint density at radius 2 is 0.511 bits per heavy atom. The van der Waals surface area contributed by atoms with Crippen molar-refractivity contribution >= 4 is 39.5 Å². The molecule has 0 rings (SSSR count). The molecule has 0 bridgehead atoms. The van der Waals surface area contributed by atoms with Crippen LogP contribution in [0.4, 0.5) is 0 Å². The van der Waals surface area contributed by atoms with Gasteiger partial charge < -0.3 is 33.8 Å². The van der Waals surface area contributed by atoms with Crippen LogP contribution in [0.5, 0.6) is 0 Å². The number of unbranched alkanes of at least 4 members (excludes halogenated alkanes) is 46. The van der Waals surface area contributed by atoms with E-state index in [1.54, 1.807) is 0 Å². The highest BCUT2D eigenvalue weighted by Gasteiger charge is 2.30. The zero-order valence-corrected chi connectivity index (χ0v) is 62.9. The van der Waals surface area contributed by atoms with Crippen LogP contribution in [-0.4, -0.2) is 96.7 Å². The van der Waals surface area contributed by atoms with E-state index in [4.69, 9.17) is 37.0 Å². The van der Waals surface area contributed by atoms with Crippen LogP contribution in [0.3, 0.4) is 0 Å². The lowest BCUT2D eigenvalue weighted by molar-refractivity contribution is -0.161. The first-order chi connectivity index (χ1) is 45.6. The number of carbonyl (C=O) groups is 4. The molecule has 19 heteroatoms. The summed E-state index contributed by atoms with van der Waals surface area (Å²) in [6.07, 6.45) is 56.7. The molecule has 0 aliphatic heterocycles. The molecule has 0 heterocycles. The first kappa shape index (κ1) is 92.1. The number of esters is 4. The summed E-state index contributed by atoms with van der Waals surface area (Å²) in [6, 6.07) is 0. The third-order valence-corrected chi connectivity index (χ3v) is 19.8. The van der Waals surface area contributed by atoms with Crippen LogP contribution in [-0.2, 0) is 65.4 Å². The fourth-order valence-electron chi connectivity index (χ4n) is 11.5. The van der Waals surface area contributed by atoms with E-state index in [9.17, 15) is 43.2 Å². The summed E-state index contributed by atoms with van der Waals surface area (Å²) in [5, 5.41) is 10.6. The molecule has 94 heavy (non-hydrogen) atoms. The number of carbonyl (C=O) groups excluding carboxylic acids is 4. The predicted octanol–water partition coefficient (Wildman–Crippen LogP) is 22.1. The molecule has 0 aliphatic rings. The Balaban J connectivity index is 5.25. The molecule has 0 saturated heterocycles. The summed E-state index contributed by atoms with van der Waals surface area (Å²) >= 11 is 0. The fourth-order valence-corrected chi connectivity index (χ4v) is 13.1. The van der Waals surface area contributed by atoms with Crippen LogP contribution in [0.1, 0.15) is 394 Å². The largest absolute Gasteiger partial charge is 0.472 e. The Labute approximate surface area is 575 Å². The molecule has 3 N–H and O–H groups in total. The van der Waals surface area contributed by atoms with E-state index in [1.807, 2.05) is 0 Å². The molecule has 17 nitrogen and oxygen atoms in total. The van der Waals surface area contributed by atoms with Crippen molar-refractivity contribution in [1.82, 2.24) is 0 Å². The Morgan fingerprint density at radius 3 is 0.755 bits per heavy atom. The highest BCUT2D eigenvalue weighted by atomic mass is 31.2. The number of phosphoric acid groups is 2. The van der Waals surface area contributed by atoms with Gasteiger partial charge in [0.05, 0.1) is 26.4 Å². The number of hydrogen-bond donors (Lipinski definition) is 3. The smallest absolute Gasteiger partial charge is 0.462 e. The molecular weight excluding hydrogens is 1230 g/mol. The van der Waals surface area contributed by atoms with Gasteiger partial charge in [0.1, 0.15) is 19.3 Å². The molecule has 0 aliphatic carbocycles. The van der Waals surface area contributed by atoms with Crippen LogP contribution in [0, 0.1) is 5.92 Å². The molecule has 0 saturated carbocycles. The average Bonchev–Trinajstić information content (AvgIpc) is 1.17. The summed E-state index contributed by atoms with van der Waals surface area (Å²) in [7, 11) is -9.91. The summed E-state index contributed by atoms with van der Waals surface area (Å²) in [5.74, 6) is -1.34. The zero-order valence-electron chi connectivity index (χ0n) is 61.1. The van der Waals surface area contributed by atoms with Crippen molar-refractivity contribution in [3.8, 4) is 0 Å². The number of aliphatic hydroxyl groups is 1. The second-order valence-corrected chi connectivity index (χ2v) is 30.2. The third kappa shape index (κ3) is 67.3. The van der Waals surface area contributed by atoms with Gasteiger partial charge in [0, 0.05) is 25.7 Å². The average molecular weight is 1380 g/mol. The fraction of sp³-hybridized carbons (Fsp3) is 0.947. The van der Waals surface area contributed by atoms with Gasteiger partial charge in [-0.3, -0.25) is 37.3 Å². The van der Waals surface area contributed by atoms with E-state index >= 15 is 0 Å². The first-order valence-electron chi connectivity index (χ1n) is 39.2. The maximum absolute atomic E-state index is 13.1. The van der Waals surface area contributed by atoms with Gasteiger partial charge >= 0.3 is 39.5 Å². The normalized spacial score (nSPS) is 14.3. The van der Waals surface area contributed by atoms with Crippen molar-refractivity contribution in [1.29, 1.82) is 0 Å². The van der Waals surface area contributed by atoms with Crippen molar-refractivity contribution in [3.63, 3.8) is 0 Å². The van der Waals surface area contributed by atoms with Crippen LogP contribution in [0.25, 0.3) is 0 Å². The molecule has 0 aromatic carbocycles. The lowest BCUT2D eigenvalue weighted by atomic mass is 9.99. The zero-order chi connectivity index (χ0) is 69.1. The number of rotatable bonds is 75. The third-order valence-electron chi connectivity index (χ3n) is 17.9. The van der Waals surface area contributed by atoms with Crippen molar-refractivity contribution in [2.75, 3.05) is 39.6 Å². The van der Waals surface area contributed by atoms with Gasteiger partial charge in [-0.25, -0.2) is 9.13 Å². The van der Waals surface area contributed by atoms with E-state index in [-0.39, 0.29) is 25.7 Å². The molecule has 558 valence electrons. The van der Waals surface area contributed by atoms with Gasteiger partial charge in [-0.1, -0.05) is 343 Å². The van der Waals surface area contributed by atoms with E-state index in [1.165, 1.54) is 218 Å². The van der Waals surface area contributed by atoms with Crippen LogP contribution in [0.15, 0.2) is 0 Å². The molecule has 0 aromatic heterocycles. The highest BCUT2D eigenvalue weighted by Crippen LogP contribution is 2.45. The van der Waals surface area contributed by atoms with Crippen molar-refractivity contribution in [2.24, 2.45) is 5.92 Å². The van der Waals surface area contributed by atoms with E-state index in [2.05, 4.69) is 34.6 Å². The van der Waals surface area contributed by atoms with Crippen LogP contribution in [0.2, 0.25) is 0 Å². The van der Waals surface area contributed by atoms with E-state index in [0.29, 0.717) is 25.7 Å². The van der Waals surface area contributed by atoms with Crippen molar-refractivity contribution in [2.45, 2.75) is 412 Å². The Hall–Kier alpha value is -1.94. The minimum absolute atomic E-state index is 0.106. The minimum Gasteiger partial charge on any atom is -0.462 e. The molecule has 0 radical (unpaired) electrons. The van der Waals surface area contributed by atoms with Crippen molar-refractivity contribution in [3.05, 3.63) is 0 Å². The lowest BCUT2D eigenvalue weighted by Gasteiger charge is -2.21. The molecular formula is C75H146O17P2. The second kappa shape index (κ2) is 68.2. The van der Waals surface area contributed by atoms with Gasteiger partial charge in [-0.2, -0.15) is 0 Å². The first-order valence-corrected chi connectivity index (χ1v) is 42.2. The highest BCUT2D eigenvalue weighted by molar-refractivity contribution is 7.47. The standard InChI is InChI=1S/C75H146O17P2/c1-6-10-13-16-19-22-25-27-29-31-33-36-39-45-50-55-60-74(79)91-70(64-86-73(78)59-54-49-44-38-35-32-30-28-26-23-20-17-14-11-7-2)66-89-93(81,82)87-62-69(76)63-88-94(83,84)90-67-71(65-85-72(77)58-53-48-43-37-34-24-21-18-15-12-8-3)92-75(80)61-56-51-46-41-40-42-47-52-57-68(5)9-4/h68-71,76H,6-67H2,1-5H3,(H,81,82)(H,83,84)/t68?,69-,70-,71-/m1/s1. The SMILES string of the molecule is CCCCCCCCCCCCCCCCCCC(=O)O[C@H](COC(=O)CCCCCCCCCCCCCCCCC)COP(=O)(O)OC[C@@H](O)COP(=O)(O)OC[C@@H](COC(=O)CCCCCCCCCCCCC)OC(=O)CCCCCCCCCCC(C)CC. The maximum Gasteiger partial charge on any atom is 0.472 e. The molecule has 3 unspecified atom stereocenters. The van der Waals surface area contributed by atoms with Gasteiger partial charge in [0.2, 0.25) is 0 Å². The van der Waals surface area contributed by atoms with Gasteiger partial charge in [0.25, 0.3) is 0 Å². The second-order valence-electron chi connectivity index (χ2n) is 27.3. The Kier molecular flexibility index (Phi) is 66.8. The number of aliphatic hydroxyl groups excluding tert-OH is 1. The summed E-state index contributed by atoms with van der Waals surface area (Å²) in [4.78, 5) is 72.8. The summed E-state index contributed by atoms with van der Waals surface area (Å²) in [5.41, 5.74) is 0. The number of ether oxygens (including phenoxy) is 4. The maximum atomic E-state index is 13.1.